The standard InChI is InChI=1S/C13H24BN3/c1-4-8-17-13-11(3)10(2)9-14-7-5-6-12(13)15-16-17/h10-11,14H,4-9H2,1-3H3. The Kier molecular flexibility index (Phi) is 4.24. The molecule has 1 aliphatic heterocycles. The van der Waals surface area contributed by atoms with E-state index in [-0.39, 0.29) is 0 Å². The molecule has 1 aromatic rings. The largest absolute Gasteiger partial charge is 0.249 e. The molecule has 0 spiro atoms. The zero-order valence-electron chi connectivity index (χ0n) is 11.4. The van der Waals surface area contributed by atoms with E-state index in [9.17, 15) is 0 Å². The molecular formula is C13H24BN3. The molecule has 0 saturated carbocycles. The molecule has 1 aromatic heterocycles. The van der Waals surface area contributed by atoms with Crippen molar-refractivity contribution in [2.24, 2.45) is 5.92 Å². The van der Waals surface area contributed by atoms with E-state index in [2.05, 4.69) is 35.8 Å². The highest BCUT2D eigenvalue weighted by molar-refractivity contribution is 6.35. The summed E-state index contributed by atoms with van der Waals surface area (Å²) in [5.41, 5.74) is 2.68. The Bertz CT molecular complexity index is 362. The van der Waals surface area contributed by atoms with Gasteiger partial charge >= 0.3 is 0 Å². The first-order chi connectivity index (χ1) is 8.24. The second-order valence-corrected chi connectivity index (χ2v) is 5.51. The van der Waals surface area contributed by atoms with Crippen molar-refractivity contribution in [3.8, 4) is 0 Å². The number of fused-ring (bicyclic) bond motifs is 1. The van der Waals surface area contributed by atoms with Crippen LogP contribution in [-0.2, 0) is 13.0 Å². The third kappa shape index (κ3) is 2.72. The first-order valence-corrected chi connectivity index (χ1v) is 7.16. The Balaban J connectivity index is 2.31. The molecule has 0 amide bonds. The van der Waals surface area contributed by atoms with Crippen molar-refractivity contribution in [1.29, 1.82) is 0 Å². The molecule has 0 fully saturated rings. The average Bonchev–Trinajstić information content (AvgIpc) is 2.72. The van der Waals surface area contributed by atoms with Crippen molar-refractivity contribution in [1.82, 2.24) is 15.0 Å². The Hall–Kier alpha value is -0.795. The molecule has 0 saturated heterocycles. The SMILES string of the molecule is CCCn1nnc2c1C(C)C(C)CBCCC2. The Morgan fingerprint density at radius 2 is 2.24 bits per heavy atom. The van der Waals surface area contributed by atoms with Crippen molar-refractivity contribution in [2.45, 2.75) is 65.1 Å². The highest BCUT2D eigenvalue weighted by Crippen LogP contribution is 2.30. The van der Waals surface area contributed by atoms with Gasteiger partial charge in [-0.3, -0.25) is 0 Å². The van der Waals surface area contributed by atoms with Crippen LogP contribution in [0, 0.1) is 5.92 Å². The van der Waals surface area contributed by atoms with Gasteiger partial charge in [0.05, 0.1) is 11.4 Å². The van der Waals surface area contributed by atoms with Gasteiger partial charge in [-0.1, -0.05) is 45.0 Å². The lowest BCUT2D eigenvalue weighted by atomic mass is 9.64. The number of nitrogens with zero attached hydrogens (tertiary/aromatic N) is 3. The molecule has 2 heterocycles. The molecule has 94 valence electrons. The smallest absolute Gasteiger partial charge is 0.120 e. The van der Waals surface area contributed by atoms with Crippen LogP contribution < -0.4 is 0 Å². The number of aromatic nitrogens is 3. The maximum atomic E-state index is 4.42. The number of hydrogen-bond acceptors (Lipinski definition) is 2. The summed E-state index contributed by atoms with van der Waals surface area (Å²) < 4.78 is 2.15. The second-order valence-electron chi connectivity index (χ2n) is 5.51. The van der Waals surface area contributed by atoms with E-state index in [1.165, 1.54) is 37.7 Å². The van der Waals surface area contributed by atoms with Crippen LogP contribution >= 0.6 is 0 Å². The topological polar surface area (TPSA) is 30.7 Å². The van der Waals surface area contributed by atoms with Gasteiger partial charge in [-0.25, -0.2) is 4.68 Å². The summed E-state index contributed by atoms with van der Waals surface area (Å²) in [5, 5.41) is 8.77. The summed E-state index contributed by atoms with van der Waals surface area (Å²) in [7, 11) is 1.37. The Morgan fingerprint density at radius 3 is 3.00 bits per heavy atom. The van der Waals surface area contributed by atoms with Crippen molar-refractivity contribution in [2.75, 3.05) is 0 Å². The van der Waals surface area contributed by atoms with Crippen molar-refractivity contribution in [3.05, 3.63) is 11.4 Å². The normalized spacial score (nSPS) is 25.4. The van der Waals surface area contributed by atoms with Gasteiger partial charge in [-0.15, -0.1) is 5.10 Å². The maximum Gasteiger partial charge on any atom is 0.120 e. The molecule has 3 nitrogen and oxygen atoms in total. The molecule has 2 unspecified atom stereocenters. The zero-order valence-corrected chi connectivity index (χ0v) is 11.4. The number of rotatable bonds is 2. The molecule has 2 rings (SSSR count). The fourth-order valence-electron chi connectivity index (χ4n) is 2.86. The van der Waals surface area contributed by atoms with Crippen LogP contribution in [0.4, 0.5) is 0 Å². The van der Waals surface area contributed by atoms with Gasteiger partial charge in [0.1, 0.15) is 7.28 Å². The van der Waals surface area contributed by atoms with Crippen LogP contribution in [0.2, 0.25) is 12.6 Å². The summed E-state index contributed by atoms with van der Waals surface area (Å²) in [5.74, 6) is 1.35. The van der Waals surface area contributed by atoms with Crippen LogP contribution in [-0.4, -0.2) is 22.3 Å². The minimum Gasteiger partial charge on any atom is -0.249 e. The Labute approximate surface area is 105 Å². The first kappa shape index (κ1) is 12.7. The summed E-state index contributed by atoms with van der Waals surface area (Å²) >= 11 is 0. The second kappa shape index (κ2) is 5.70. The lowest BCUT2D eigenvalue weighted by Gasteiger charge is -2.20. The quantitative estimate of drug-likeness (QED) is 0.735. The van der Waals surface area contributed by atoms with E-state index >= 15 is 0 Å². The molecular weight excluding hydrogens is 209 g/mol. The van der Waals surface area contributed by atoms with E-state index in [1.54, 1.807) is 0 Å². The number of hydrogen-bond donors (Lipinski definition) is 0. The summed E-state index contributed by atoms with van der Waals surface area (Å²) in [4.78, 5) is 0. The molecule has 0 aliphatic carbocycles. The first-order valence-electron chi connectivity index (χ1n) is 7.16. The average molecular weight is 233 g/mol. The zero-order chi connectivity index (χ0) is 12.3. The van der Waals surface area contributed by atoms with E-state index in [0.29, 0.717) is 5.92 Å². The monoisotopic (exact) mass is 233 g/mol. The highest BCUT2D eigenvalue weighted by atomic mass is 15.4. The van der Waals surface area contributed by atoms with Gasteiger partial charge in [0.25, 0.3) is 0 Å². The lowest BCUT2D eigenvalue weighted by molar-refractivity contribution is 0.467. The molecule has 0 radical (unpaired) electrons. The third-order valence-electron chi connectivity index (χ3n) is 4.14. The molecule has 0 bridgehead atoms. The van der Waals surface area contributed by atoms with Gasteiger partial charge in [0, 0.05) is 12.5 Å². The molecule has 0 N–H and O–H groups in total. The predicted molar refractivity (Wildman–Crippen MR) is 73.0 cm³/mol. The molecule has 2 atom stereocenters. The van der Waals surface area contributed by atoms with E-state index in [4.69, 9.17) is 0 Å². The fraction of sp³-hybridized carbons (Fsp3) is 0.846. The van der Waals surface area contributed by atoms with Crippen molar-refractivity contribution < 1.29 is 0 Å². The minimum absolute atomic E-state index is 0.602. The van der Waals surface area contributed by atoms with Gasteiger partial charge in [0.15, 0.2) is 0 Å². The minimum atomic E-state index is 0.602. The molecule has 4 heteroatoms. The lowest BCUT2D eigenvalue weighted by Crippen LogP contribution is -2.15. The van der Waals surface area contributed by atoms with Crippen molar-refractivity contribution in [3.63, 3.8) is 0 Å². The van der Waals surface area contributed by atoms with E-state index in [0.717, 1.165) is 25.3 Å². The molecule has 0 aromatic carbocycles. The van der Waals surface area contributed by atoms with Crippen molar-refractivity contribution >= 4 is 7.28 Å². The van der Waals surface area contributed by atoms with Crippen LogP contribution in [0.5, 0.6) is 0 Å². The van der Waals surface area contributed by atoms with Crippen LogP contribution in [0.3, 0.4) is 0 Å². The van der Waals surface area contributed by atoms with Crippen LogP contribution in [0.15, 0.2) is 0 Å². The van der Waals surface area contributed by atoms with Gasteiger partial charge in [-0.05, 0) is 18.8 Å². The summed E-state index contributed by atoms with van der Waals surface area (Å²) in [6.45, 7) is 7.95. The van der Waals surface area contributed by atoms with Gasteiger partial charge in [0.2, 0.25) is 0 Å². The van der Waals surface area contributed by atoms with Crippen LogP contribution in [0.25, 0.3) is 0 Å². The van der Waals surface area contributed by atoms with Gasteiger partial charge in [-0.2, -0.15) is 0 Å². The van der Waals surface area contributed by atoms with Crippen LogP contribution in [0.1, 0.15) is 50.9 Å². The summed E-state index contributed by atoms with van der Waals surface area (Å²) in [6, 6.07) is 0. The van der Waals surface area contributed by atoms with Gasteiger partial charge < -0.3 is 0 Å². The molecule has 17 heavy (non-hydrogen) atoms. The Morgan fingerprint density at radius 1 is 1.41 bits per heavy atom. The highest BCUT2D eigenvalue weighted by Gasteiger charge is 2.24. The maximum absolute atomic E-state index is 4.42. The molecule has 1 aliphatic rings. The number of aryl methyl sites for hydroxylation is 2. The van der Waals surface area contributed by atoms with E-state index in [1.807, 2.05) is 0 Å². The van der Waals surface area contributed by atoms with E-state index < -0.39 is 0 Å². The fourth-order valence-corrected chi connectivity index (χ4v) is 2.86. The predicted octanol–water partition coefficient (Wildman–Crippen LogP) is 2.65. The third-order valence-corrected chi connectivity index (χ3v) is 4.14. The summed E-state index contributed by atoms with van der Waals surface area (Å²) in [6.07, 6.45) is 6.22.